The summed E-state index contributed by atoms with van der Waals surface area (Å²) in [6.45, 7) is 2.08. The highest BCUT2D eigenvalue weighted by Gasteiger charge is 2.33. The normalized spacial score (nSPS) is 12.2. The lowest BCUT2D eigenvalue weighted by Gasteiger charge is -2.23. The average molecular weight is 395 g/mol. The standard InChI is InChI=1S/C15H15F3O7S/c1-4-14(2,3)24-12-9-10(5-6-11(12)25-15(16,17)18)13(19)23-7-8-26(20,21)22/h1,5-6,9H,7-8H2,2-3H3,(H,20,21,22)/p-1. The van der Waals surface area contributed by atoms with Gasteiger partial charge in [0.25, 0.3) is 0 Å². The number of halogens is 3. The molecule has 0 spiro atoms. The summed E-state index contributed by atoms with van der Waals surface area (Å²) < 4.78 is 82.5. The number of esters is 1. The zero-order chi connectivity index (χ0) is 20.2. The van der Waals surface area contributed by atoms with Crippen molar-refractivity contribution in [2.45, 2.75) is 25.8 Å². The van der Waals surface area contributed by atoms with Gasteiger partial charge in [-0.3, -0.25) is 0 Å². The largest absolute Gasteiger partial charge is 0.748 e. The summed E-state index contributed by atoms with van der Waals surface area (Å²) in [6, 6.07) is 2.66. The third kappa shape index (κ3) is 7.62. The average Bonchev–Trinajstić information content (AvgIpc) is 2.46. The molecule has 0 atom stereocenters. The Kier molecular flexibility index (Phi) is 6.51. The van der Waals surface area contributed by atoms with Gasteiger partial charge in [-0.05, 0) is 32.0 Å². The maximum Gasteiger partial charge on any atom is 0.573 e. The third-order valence-electron chi connectivity index (χ3n) is 2.68. The Labute approximate surface area is 147 Å². The van der Waals surface area contributed by atoms with Gasteiger partial charge in [-0.15, -0.1) is 19.6 Å². The Morgan fingerprint density at radius 1 is 1.23 bits per heavy atom. The first-order chi connectivity index (χ1) is 11.7. The molecule has 0 saturated heterocycles. The van der Waals surface area contributed by atoms with Gasteiger partial charge in [0.05, 0.1) is 21.4 Å². The lowest BCUT2D eigenvalue weighted by molar-refractivity contribution is -0.275. The molecular formula is C15H14F3O7S-. The first-order valence-corrected chi connectivity index (χ1v) is 8.47. The molecule has 1 aromatic rings. The number of terminal acetylenes is 1. The molecule has 0 unspecified atom stereocenters. The maximum absolute atomic E-state index is 12.5. The van der Waals surface area contributed by atoms with Crippen LogP contribution in [0.25, 0.3) is 0 Å². The summed E-state index contributed by atoms with van der Waals surface area (Å²) >= 11 is 0. The van der Waals surface area contributed by atoms with Crippen LogP contribution in [0.15, 0.2) is 18.2 Å². The van der Waals surface area contributed by atoms with Gasteiger partial charge in [-0.2, -0.15) is 0 Å². The van der Waals surface area contributed by atoms with E-state index in [1.54, 1.807) is 0 Å². The van der Waals surface area contributed by atoms with Crippen LogP contribution in [0.2, 0.25) is 0 Å². The molecule has 0 heterocycles. The van der Waals surface area contributed by atoms with Crippen LogP contribution in [0.4, 0.5) is 13.2 Å². The number of benzene rings is 1. The number of rotatable bonds is 7. The highest BCUT2D eigenvalue weighted by molar-refractivity contribution is 7.85. The molecule has 0 aliphatic rings. The maximum atomic E-state index is 12.5. The fourth-order valence-electron chi connectivity index (χ4n) is 1.55. The fraction of sp³-hybridized carbons (Fsp3) is 0.400. The van der Waals surface area contributed by atoms with E-state index < -0.39 is 51.9 Å². The quantitative estimate of drug-likeness (QED) is 0.396. The van der Waals surface area contributed by atoms with Crippen LogP contribution >= 0.6 is 0 Å². The van der Waals surface area contributed by atoms with Crippen molar-refractivity contribution < 1.29 is 45.1 Å². The minimum Gasteiger partial charge on any atom is -0.748 e. The van der Waals surface area contributed by atoms with E-state index in [0.717, 1.165) is 18.2 Å². The lowest BCUT2D eigenvalue weighted by atomic mass is 10.1. The van der Waals surface area contributed by atoms with Gasteiger partial charge in [0.15, 0.2) is 17.1 Å². The number of hydrogen-bond acceptors (Lipinski definition) is 7. The number of carbonyl (C=O) groups is 1. The molecule has 0 N–H and O–H groups in total. The van der Waals surface area contributed by atoms with E-state index in [1.165, 1.54) is 13.8 Å². The molecule has 0 amide bonds. The van der Waals surface area contributed by atoms with Gasteiger partial charge in [-0.1, -0.05) is 5.92 Å². The van der Waals surface area contributed by atoms with E-state index in [0.29, 0.717) is 0 Å². The molecule has 26 heavy (non-hydrogen) atoms. The zero-order valence-electron chi connectivity index (χ0n) is 13.6. The van der Waals surface area contributed by atoms with Gasteiger partial charge >= 0.3 is 12.3 Å². The Balaban J connectivity index is 3.08. The number of hydrogen-bond donors (Lipinski definition) is 0. The second-order valence-electron chi connectivity index (χ2n) is 5.36. The SMILES string of the molecule is C#CC(C)(C)Oc1cc(C(=O)OCCS(=O)(=O)[O-])ccc1OC(F)(F)F. The highest BCUT2D eigenvalue weighted by Crippen LogP contribution is 2.35. The summed E-state index contributed by atoms with van der Waals surface area (Å²) in [7, 11) is -4.58. The lowest BCUT2D eigenvalue weighted by Crippen LogP contribution is -2.27. The van der Waals surface area contributed by atoms with Crippen LogP contribution in [0, 0.1) is 12.3 Å². The van der Waals surface area contributed by atoms with Crippen molar-refractivity contribution in [2.24, 2.45) is 0 Å². The molecule has 0 fully saturated rings. The Hall–Kier alpha value is -2.45. The van der Waals surface area contributed by atoms with Gasteiger partial charge in [0.2, 0.25) is 0 Å². The number of ether oxygens (including phenoxy) is 3. The van der Waals surface area contributed by atoms with Gasteiger partial charge in [-0.25, -0.2) is 13.2 Å². The molecule has 11 heteroatoms. The summed E-state index contributed by atoms with van der Waals surface area (Å²) in [5.74, 6) is -1.03. The molecule has 144 valence electrons. The molecule has 0 saturated carbocycles. The van der Waals surface area contributed by atoms with Crippen molar-refractivity contribution in [3.8, 4) is 23.8 Å². The Morgan fingerprint density at radius 2 is 1.85 bits per heavy atom. The molecule has 7 nitrogen and oxygen atoms in total. The molecule has 0 aliphatic heterocycles. The van der Waals surface area contributed by atoms with E-state index in [4.69, 9.17) is 11.2 Å². The summed E-state index contributed by atoms with van der Waals surface area (Å²) in [5, 5.41) is 0. The minimum absolute atomic E-state index is 0.259. The summed E-state index contributed by atoms with van der Waals surface area (Å²) in [4.78, 5) is 11.8. The Morgan fingerprint density at radius 3 is 2.35 bits per heavy atom. The van der Waals surface area contributed by atoms with E-state index >= 15 is 0 Å². The highest BCUT2D eigenvalue weighted by atomic mass is 32.2. The Bertz CT molecular complexity index is 808. The van der Waals surface area contributed by atoms with Gasteiger partial charge < -0.3 is 18.8 Å². The molecule has 1 aromatic carbocycles. The fourth-order valence-corrected chi connectivity index (χ4v) is 1.84. The predicted molar refractivity (Wildman–Crippen MR) is 81.5 cm³/mol. The van der Waals surface area contributed by atoms with Crippen LogP contribution in [-0.2, 0) is 14.9 Å². The van der Waals surface area contributed by atoms with Crippen molar-refractivity contribution >= 4 is 16.1 Å². The molecule has 0 aromatic heterocycles. The third-order valence-corrected chi connectivity index (χ3v) is 3.35. The number of carbonyl (C=O) groups excluding carboxylic acids is 1. The smallest absolute Gasteiger partial charge is 0.573 e. The topological polar surface area (TPSA) is 102 Å². The second kappa shape index (κ2) is 7.84. The van der Waals surface area contributed by atoms with E-state index in [2.05, 4.69) is 15.4 Å². The van der Waals surface area contributed by atoms with Gasteiger partial charge in [0, 0.05) is 0 Å². The van der Waals surface area contributed by atoms with E-state index in [9.17, 15) is 30.9 Å². The van der Waals surface area contributed by atoms with Gasteiger partial charge in [0.1, 0.15) is 6.61 Å². The first kappa shape index (κ1) is 21.6. The van der Waals surface area contributed by atoms with Crippen LogP contribution in [-0.4, -0.2) is 43.3 Å². The van der Waals surface area contributed by atoms with Crippen LogP contribution in [0.3, 0.4) is 0 Å². The van der Waals surface area contributed by atoms with Crippen LogP contribution < -0.4 is 9.47 Å². The molecule has 0 radical (unpaired) electrons. The van der Waals surface area contributed by atoms with E-state index in [1.807, 2.05) is 0 Å². The molecule has 0 bridgehead atoms. The van der Waals surface area contributed by atoms with Crippen molar-refractivity contribution in [1.82, 2.24) is 0 Å². The first-order valence-electron chi connectivity index (χ1n) is 6.90. The monoisotopic (exact) mass is 395 g/mol. The van der Waals surface area contributed by atoms with Crippen molar-refractivity contribution in [3.63, 3.8) is 0 Å². The van der Waals surface area contributed by atoms with Crippen molar-refractivity contribution in [3.05, 3.63) is 23.8 Å². The summed E-state index contributed by atoms with van der Waals surface area (Å²) in [6.07, 6.45) is 0.209. The van der Waals surface area contributed by atoms with Crippen molar-refractivity contribution in [1.29, 1.82) is 0 Å². The van der Waals surface area contributed by atoms with Crippen LogP contribution in [0.1, 0.15) is 24.2 Å². The molecule has 1 rings (SSSR count). The van der Waals surface area contributed by atoms with Crippen LogP contribution in [0.5, 0.6) is 11.5 Å². The van der Waals surface area contributed by atoms with E-state index in [-0.39, 0.29) is 5.56 Å². The van der Waals surface area contributed by atoms with Crippen molar-refractivity contribution in [2.75, 3.05) is 12.4 Å². The minimum atomic E-state index is -5.01. The second-order valence-corrected chi connectivity index (χ2v) is 6.89. The number of alkyl halides is 3. The summed E-state index contributed by atoms with van der Waals surface area (Å²) in [5.41, 5.74) is -1.58. The molecule has 0 aliphatic carbocycles. The molecular weight excluding hydrogens is 381 g/mol. The predicted octanol–water partition coefficient (Wildman–Crippen LogP) is 2.08. The zero-order valence-corrected chi connectivity index (χ0v) is 14.4.